The number of hydrogen-bond donors (Lipinski definition) is 1. The number of nitrogens with one attached hydrogen (secondary N) is 1. The van der Waals surface area contributed by atoms with Crippen LogP contribution in [0.25, 0.3) is 0 Å². The fraction of sp³-hybridized carbons (Fsp3) is 0.571. The minimum Gasteiger partial charge on any atom is -0.465 e. The van der Waals surface area contributed by atoms with Crippen molar-refractivity contribution in [2.45, 2.75) is 44.8 Å². The maximum Gasteiger partial charge on any atom is 0.408 e. The number of methoxy groups -OCH3 is 1. The summed E-state index contributed by atoms with van der Waals surface area (Å²) < 4.78 is 11.1. The first kappa shape index (κ1) is 24.0. The second-order valence-corrected chi connectivity index (χ2v) is 9.50. The van der Waals surface area contributed by atoms with Crippen molar-refractivity contribution in [3.63, 3.8) is 0 Å². The Morgan fingerprint density at radius 1 is 1.23 bits per heavy atom. The molecule has 0 saturated carbocycles. The Balaban J connectivity index is 2.42. The van der Waals surface area contributed by atoms with E-state index in [0.717, 1.165) is 4.47 Å². The molecule has 2 rings (SSSR count). The van der Waals surface area contributed by atoms with E-state index in [1.54, 1.807) is 47.0 Å². The third-order valence-electron chi connectivity index (χ3n) is 4.75. The van der Waals surface area contributed by atoms with Crippen LogP contribution >= 0.6 is 15.9 Å². The summed E-state index contributed by atoms with van der Waals surface area (Å²) in [7, 11) is 4.63. The summed E-state index contributed by atoms with van der Waals surface area (Å²) in [5, 5.41) is 2.82. The van der Waals surface area contributed by atoms with Crippen molar-refractivity contribution in [3.8, 4) is 0 Å². The van der Waals surface area contributed by atoms with Crippen LogP contribution in [0, 0.1) is 0 Å². The Bertz CT molecular complexity index is 821. The van der Waals surface area contributed by atoms with E-state index in [0.29, 0.717) is 30.6 Å². The van der Waals surface area contributed by atoms with E-state index in [2.05, 4.69) is 21.2 Å². The number of ether oxygens (including phenoxy) is 2. The fourth-order valence-corrected chi connectivity index (χ4v) is 3.94. The fourth-order valence-electron chi connectivity index (χ4n) is 3.58. The molecular formula is C21H30BrN3O5. The molecule has 30 heavy (non-hydrogen) atoms. The van der Waals surface area contributed by atoms with Crippen LogP contribution in [0.2, 0.25) is 0 Å². The van der Waals surface area contributed by atoms with Gasteiger partial charge in [0, 0.05) is 25.1 Å². The number of halogens is 1. The molecule has 1 aliphatic heterocycles. The average Bonchev–Trinajstić information content (AvgIpc) is 2.65. The number of rotatable bonds is 4. The van der Waals surface area contributed by atoms with Gasteiger partial charge >= 0.3 is 12.1 Å². The Morgan fingerprint density at radius 3 is 2.47 bits per heavy atom. The van der Waals surface area contributed by atoms with Crippen LogP contribution in [0.4, 0.5) is 10.5 Å². The van der Waals surface area contributed by atoms with Gasteiger partial charge in [-0.2, -0.15) is 0 Å². The zero-order valence-corrected chi connectivity index (χ0v) is 20.0. The highest BCUT2D eigenvalue weighted by Gasteiger charge is 2.46. The van der Waals surface area contributed by atoms with Gasteiger partial charge in [-0.25, -0.2) is 9.59 Å². The highest BCUT2D eigenvalue weighted by molar-refractivity contribution is 9.10. The summed E-state index contributed by atoms with van der Waals surface area (Å²) in [6.45, 7) is 6.14. The molecule has 2 amide bonds. The van der Waals surface area contributed by atoms with Crippen LogP contribution in [-0.2, 0) is 14.3 Å². The van der Waals surface area contributed by atoms with Gasteiger partial charge in [-0.1, -0.05) is 15.9 Å². The van der Waals surface area contributed by atoms with Gasteiger partial charge in [-0.3, -0.25) is 4.79 Å². The van der Waals surface area contributed by atoms with Crippen molar-refractivity contribution in [1.82, 2.24) is 10.2 Å². The molecule has 1 atom stereocenters. The molecule has 1 heterocycles. The molecule has 0 spiro atoms. The summed E-state index contributed by atoms with van der Waals surface area (Å²) in [6.07, 6.45) is 0.458. The molecule has 0 bridgehead atoms. The predicted molar refractivity (Wildman–Crippen MR) is 118 cm³/mol. The van der Waals surface area contributed by atoms with Crippen molar-refractivity contribution in [1.29, 1.82) is 0 Å². The van der Waals surface area contributed by atoms with Crippen LogP contribution in [0.15, 0.2) is 22.7 Å². The van der Waals surface area contributed by atoms with Crippen molar-refractivity contribution in [3.05, 3.63) is 28.2 Å². The van der Waals surface area contributed by atoms with Crippen LogP contribution < -0.4 is 10.2 Å². The molecule has 1 aliphatic rings. The molecule has 0 aliphatic carbocycles. The molecule has 166 valence electrons. The smallest absolute Gasteiger partial charge is 0.408 e. The van der Waals surface area contributed by atoms with Crippen LogP contribution in [0.1, 0.15) is 44.0 Å². The lowest BCUT2D eigenvalue weighted by Gasteiger charge is -2.44. The van der Waals surface area contributed by atoms with Gasteiger partial charge in [0.25, 0.3) is 0 Å². The Morgan fingerprint density at radius 2 is 1.90 bits per heavy atom. The van der Waals surface area contributed by atoms with Gasteiger partial charge in [0.15, 0.2) is 0 Å². The van der Waals surface area contributed by atoms with E-state index in [1.807, 2.05) is 11.0 Å². The molecule has 8 nitrogen and oxygen atoms in total. The summed E-state index contributed by atoms with van der Waals surface area (Å²) in [4.78, 5) is 41.4. The summed E-state index contributed by atoms with van der Waals surface area (Å²) in [6, 6.07) is 5.32. The third kappa shape index (κ3) is 5.65. The minimum atomic E-state index is -1.18. The number of alkyl carbamates (subject to hydrolysis) is 1. The molecule has 1 N–H and O–H groups in total. The van der Waals surface area contributed by atoms with Gasteiger partial charge in [0.05, 0.1) is 24.9 Å². The number of amides is 2. The lowest BCUT2D eigenvalue weighted by atomic mass is 9.87. The molecular weight excluding hydrogens is 454 g/mol. The topological polar surface area (TPSA) is 88.2 Å². The molecule has 1 saturated heterocycles. The predicted octanol–water partition coefficient (Wildman–Crippen LogP) is 3.19. The molecule has 9 heteroatoms. The molecule has 1 unspecified atom stereocenters. The minimum absolute atomic E-state index is 0.203. The van der Waals surface area contributed by atoms with Gasteiger partial charge in [-0.05, 0) is 51.8 Å². The Kier molecular flexibility index (Phi) is 7.39. The quantitative estimate of drug-likeness (QED) is 0.661. The van der Waals surface area contributed by atoms with Gasteiger partial charge in [-0.15, -0.1) is 0 Å². The molecule has 1 aromatic rings. The number of anilines is 1. The first-order valence-electron chi connectivity index (χ1n) is 9.74. The van der Waals surface area contributed by atoms with E-state index >= 15 is 0 Å². The van der Waals surface area contributed by atoms with E-state index < -0.39 is 23.2 Å². The molecule has 0 aromatic heterocycles. The maximum absolute atomic E-state index is 13.2. The SMILES string of the molecule is COC(=O)c1cc(Br)ccc1N1CCCC(NC(=O)OC(C)(C)C)(C(=O)N(C)C)C1. The number of nitrogens with zero attached hydrogens (tertiary/aromatic N) is 2. The van der Waals surface area contributed by atoms with Crippen LogP contribution in [0.5, 0.6) is 0 Å². The lowest BCUT2D eigenvalue weighted by Crippen LogP contribution is -2.66. The lowest BCUT2D eigenvalue weighted by molar-refractivity contribution is -0.136. The van der Waals surface area contributed by atoms with Crippen molar-refractivity contribution in [2.24, 2.45) is 0 Å². The number of carbonyl (C=O) groups excluding carboxylic acids is 3. The average molecular weight is 484 g/mol. The van der Waals surface area contributed by atoms with Crippen molar-refractivity contribution < 1.29 is 23.9 Å². The Hall–Kier alpha value is -2.29. The zero-order chi connectivity index (χ0) is 22.7. The molecule has 1 aromatic carbocycles. The van der Waals surface area contributed by atoms with Crippen molar-refractivity contribution >= 4 is 39.6 Å². The van der Waals surface area contributed by atoms with Gasteiger partial charge in [0.2, 0.25) is 5.91 Å². The second-order valence-electron chi connectivity index (χ2n) is 8.59. The highest BCUT2D eigenvalue weighted by atomic mass is 79.9. The number of piperidine rings is 1. The van der Waals surface area contributed by atoms with E-state index in [-0.39, 0.29) is 12.5 Å². The number of carbonyl (C=O) groups is 3. The van der Waals surface area contributed by atoms with E-state index in [4.69, 9.17) is 9.47 Å². The number of likely N-dealkylation sites (N-methyl/N-ethyl adjacent to an activating group) is 1. The van der Waals surface area contributed by atoms with E-state index in [9.17, 15) is 14.4 Å². The largest absolute Gasteiger partial charge is 0.465 e. The molecule has 0 radical (unpaired) electrons. The second kappa shape index (κ2) is 9.24. The summed E-state index contributed by atoms with van der Waals surface area (Å²) >= 11 is 3.38. The summed E-state index contributed by atoms with van der Waals surface area (Å²) in [5.74, 6) is -0.698. The first-order chi connectivity index (χ1) is 13.9. The number of hydrogen-bond acceptors (Lipinski definition) is 6. The number of esters is 1. The van der Waals surface area contributed by atoms with Crippen LogP contribution in [-0.4, -0.2) is 68.3 Å². The summed E-state index contributed by atoms with van der Waals surface area (Å²) in [5.41, 5.74) is -0.835. The van der Waals surface area contributed by atoms with E-state index in [1.165, 1.54) is 12.0 Å². The van der Waals surface area contributed by atoms with Crippen molar-refractivity contribution in [2.75, 3.05) is 39.2 Å². The maximum atomic E-state index is 13.2. The number of benzene rings is 1. The monoisotopic (exact) mass is 483 g/mol. The standard InChI is InChI=1S/C21H30BrN3O5/c1-20(2,3)30-19(28)23-21(18(27)24(4)5)10-7-11-25(13-21)16-9-8-14(22)12-15(16)17(26)29-6/h8-9,12H,7,10-11,13H2,1-6H3,(H,23,28). The zero-order valence-electron chi connectivity index (χ0n) is 18.4. The highest BCUT2D eigenvalue weighted by Crippen LogP contribution is 2.32. The van der Waals surface area contributed by atoms with Gasteiger partial charge < -0.3 is 24.6 Å². The third-order valence-corrected chi connectivity index (χ3v) is 5.25. The van der Waals surface area contributed by atoms with Gasteiger partial charge in [0.1, 0.15) is 11.1 Å². The first-order valence-corrected chi connectivity index (χ1v) is 10.5. The Labute approximate surface area is 186 Å². The van der Waals surface area contributed by atoms with Crippen LogP contribution in [0.3, 0.4) is 0 Å². The normalized spacial score (nSPS) is 19.1. The molecule has 1 fully saturated rings.